The van der Waals surface area contributed by atoms with Crippen molar-refractivity contribution in [2.75, 3.05) is 13.2 Å². The molecule has 0 saturated carbocycles. The van der Waals surface area contributed by atoms with Gasteiger partial charge in [-0.05, 0) is 19.3 Å². The first-order valence-electron chi connectivity index (χ1n) is 4.62. The normalized spacial score (nSPS) is 10.8. The second kappa shape index (κ2) is 12.2. The number of nitrogens with one attached hydrogen (secondary N) is 1. The molecule has 9 heteroatoms. The zero-order valence-electron chi connectivity index (χ0n) is 9.20. The predicted octanol–water partition coefficient (Wildman–Crippen LogP) is 0.385. The van der Waals surface area contributed by atoms with Gasteiger partial charge in [-0.25, -0.2) is 5.06 Å². The van der Waals surface area contributed by atoms with E-state index in [4.69, 9.17) is 26.6 Å². The summed E-state index contributed by atoms with van der Waals surface area (Å²) in [6.45, 7) is -0.336. The monoisotopic (exact) mass is 379 g/mol. The minimum absolute atomic E-state index is 0. The number of hydrogen-bond donors (Lipinski definition) is 5. The Balaban J connectivity index is -0.000000980. The van der Waals surface area contributed by atoms with Crippen molar-refractivity contribution in [1.82, 2.24) is 5.06 Å². The summed E-state index contributed by atoms with van der Waals surface area (Å²) in [4.78, 5) is 10.3. The smallest absolute Gasteiger partial charge is 0.320 e. The summed E-state index contributed by atoms with van der Waals surface area (Å²) in [5, 5.41) is 33.7. The second-order valence-corrected chi connectivity index (χ2v) is 3.17. The maximum atomic E-state index is 10.3. The highest BCUT2D eigenvalue weighted by atomic mass is 79.9. The van der Waals surface area contributed by atoms with Gasteiger partial charge in [0.05, 0.1) is 0 Å². The van der Waals surface area contributed by atoms with Crippen molar-refractivity contribution in [2.45, 2.75) is 25.3 Å². The fourth-order valence-electron chi connectivity index (χ4n) is 0.966. The SMILES string of the molecule is Br.Br.N=C(CO)N(O)CCCC[C@H](N)C(=O)O. The number of amidine groups is 1. The van der Waals surface area contributed by atoms with Gasteiger partial charge >= 0.3 is 5.97 Å². The number of carboxylic acid groups (broad SMARTS) is 1. The number of nitrogens with two attached hydrogens (primary N) is 1. The molecule has 0 aromatic rings. The molecule has 0 rings (SSSR count). The highest BCUT2D eigenvalue weighted by Crippen LogP contribution is 2.00. The molecule has 0 amide bonds. The van der Waals surface area contributed by atoms with Crippen LogP contribution in [0.15, 0.2) is 0 Å². The number of aliphatic hydroxyl groups is 1. The van der Waals surface area contributed by atoms with Crippen LogP contribution in [-0.4, -0.2) is 51.5 Å². The predicted molar refractivity (Wildman–Crippen MR) is 73.4 cm³/mol. The van der Waals surface area contributed by atoms with Gasteiger partial charge in [0.1, 0.15) is 18.5 Å². The van der Waals surface area contributed by atoms with Gasteiger partial charge in [0, 0.05) is 6.54 Å². The molecule has 0 bridgehead atoms. The van der Waals surface area contributed by atoms with Crippen LogP contribution in [0.3, 0.4) is 0 Å². The highest BCUT2D eigenvalue weighted by molar-refractivity contribution is 8.93. The van der Waals surface area contributed by atoms with Crippen LogP contribution >= 0.6 is 34.0 Å². The van der Waals surface area contributed by atoms with Gasteiger partial charge in [-0.2, -0.15) is 0 Å². The molecule has 0 aromatic carbocycles. The number of carboxylic acids is 1. The third-order valence-electron chi connectivity index (χ3n) is 1.91. The van der Waals surface area contributed by atoms with Crippen LogP contribution < -0.4 is 5.73 Å². The van der Waals surface area contributed by atoms with E-state index in [0.717, 1.165) is 0 Å². The van der Waals surface area contributed by atoms with Crippen molar-refractivity contribution in [3.05, 3.63) is 0 Å². The van der Waals surface area contributed by atoms with E-state index in [9.17, 15) is 4.79 Å². The summed E-state index contributed by atoms with van der Waals surface area (Å²) in [6, 6.07) is -0.880. The van der Waals surface area contributed by atoms with Crippen molar-refractivity contribution in [1.29, 1.82) is 5.41 Å². The van der Waals surface area contributed by atoms with Gasteiger partial charge in [0.25, 0.3) is 0 Å². The Morgan fingerprint density at radius 1 is 1.35 bits per heavy atom. The van der Waals surface area contributed by atoms with E-state index in [1.165, 1.54) is 0 Å². The fourth-order valence-corrected chi connectivity index (χ4v) is 0.966. The maximum Gasteiger partial charge on any atom is 0.320 e. The molecule has 0 spiro atoms. The summed E-state index contributed by atoms with van der Waals surface area (Å²) in [7, 11) is 0. The zero-order chi connectivity index (χ0) is 11.8. The molecule has 1 atom stereocenters. The third kappa shape index (κ3) is 10.6. The van der Waals surface area contributed by atoms with Crippen molar-refractivity contribution >= 4 is 45.8 Å². The number of carbonyl (C=O) groups is 1. The number of aliphatic hydroxyl groups excluding tert-OH is 1. The van der Waals surface area contributed by atoms with Crippen molar-refractivity contribution < 1.29 is 20.2 Å². The molecule has 0 aromatic heterocycles. The molecular weight excluding hydrogens is 362 g/mol. The highest BCUT2D eigenvalue weighted by Gasteiger charge is 2.11. The lowest BCUT2D eigenvalue weighted by atomic mass is 10.1. The minimum Gasteiger partial charge on any atom is -0.480 e. The third-order valence-corrected chi connectivity index (χ3v) is 1.91. The van der Waals surface area contributed by atoms with Gasteiger partial charge in [-0.15, -0.1) is 34.0 Å². The first kappa shape index (κ1) is 22.0. The Morgan fingerprint density at radius 2 is 1.88 bits per heavy atom. The fraction of sp³-hybridized carbons (Fsp3) is 0.750. The average molecular weight is 381 g/mol. The molecule has 17 heavy (non-hydrogen) atoms. The quantitative estimate of drug-likeness (QED) is 0.188. The second-order valence-electron chi connectivity index (χ2n) is 3.17. The molecule has 0 aliphatic carbocycles. The largest absolute Gasteiger partial charge is 0.480 e. The first-order chi connectivity index (χ1) is 6.99. The molecule has 0 aliphatic rings. The van der Waals surface area contributed by atoms with E-state index >= 15 is 0 Å². The lowest BCUT2D eigenvalue weighted by Gasteiger charge is -2.15. The molecule has 0 saturated heterocycles. The number of halogens is 2. The van der Waals surface area contributed by atoms with E-state index in [1.807, 2.05) is 0 Å². The van der Waals surface area contributed by atoms with Crippen LogP contribution in [-0.2, 0) is 4.79 Å². The summed E-state index contributed by atoms with van der Waals surface area (Å²) >= 11 is 0. The summed E-state index contributed by atoms with van der Waals surface area (Å²) in [5.74, 6) is -1.32. The number of unbranched alkanes of at least 4 members (excludes halogenated alkanes) is 1. The molecule has 0 heterocycles. The number of hydrogen-bond acceptors (Lipinski definition) is 5. The number of nitrogens with zero attached hydrogens (tertiary/aromatic N) is 1. The molecule has 104 valence electrons. The molecule has 0 radical (unpaired) electrons. The van der Waals surface area contributed by atoms with Gasteiger partial charge in [-0.1, -0.05) is 0 Å². The average Bonchev–Trinajstić information content (AvgIpc) is 2.22. The van der Waals surface area contributed by atoms with E-state index in [2.05, 4.69) is 0 Å². The summed E-state index contributed by atoms with van der Waals surface area (Å²) in [6.07, 6.45) is 1.39. The van der Waals surface area contributed by atoms with Crippen LogP contribution in [0.1, 0.15) is 19.3 Å². The van der Waals surface area contributed by atoms with Crippen LogP contribution in [0, 0.1) is 5.41 Å². The summed E-state index contributed by atoms with van der Waals surface area (Å²) < 4.78 is 0. The zero-order valence-corrected chi connectivity index (χ0v) is 12.6. The van der Waals surface area contributed by atoms with Gasteiger partial charge < -0.3 is 15.9 Å². The van der Waals surface area contributed by atoms with Crippen LogP contribution in [0.2, 0.25) is 0 Å². The van der Waals surface area contributed by atoms with Gasteiger partial charge in [0.2, 0.25) is 0 Å². The molecular formula is C8H19Br2N3O4. The van der Waals surface area contributed by atoms with E-state index in [0.29, 0.717) is 24.3 Å². The lowest BCUT2D eigenvalue weighted by Crippen LogP contribution is -2.32. The number of aliphatic carboxylic acids is 1. The Morgan fingerprint density at radius 3 is 2.29 bits per heavy atom. The lowest BCUT2D eigenvalue weighted by molar-refractivity contribution is -0.138. The Bertz CT molecular complexity index is 231. The van der Waals surface area contributed by atoms with Crippen molar-refractivity contribution in [2.24, 2.45) is 5.73 Å². The first-order valence-corrected chi connectivity index (χ1v) is 4.62. The van der Waals surface area contributed by atoms with Crippen molar-refractivity contribution in [3.63, 3.8) is 0 Å². The number of rotatable bonds is 7. The minimum atomic E-state index is -1.04. The Hall–Kier alpha value is -0.220. The molecule has 0 unspecified atom stereocenters. The Kier molecular flexibility index (Phi) is 15.8. The van der Waals surface area contributed by atoms with Crippen LogP contribution in [0.4, 0.5) is 0 Å². The molecule has 7 nitrogen and oxygen atoms in total. The van der Waals surface area contributed by atoms with Gasteiger partial charge in [-0.3, -0.25) is 15.4 Å². The molecule has 0 aliphatic heterocycles. The van der Waals surface area contributed by atoms with E-state index in [1.54, 1.807) is 0 Å². The summed E-state index contributed by atoms with van der Waals surface area (Å²) in [5.41, 5.74) is 5.26. The van der Waals surface area contributed by atoms with Gasteiger partial charge in [0.15, 0.2) is 0 Å². The maximum absolute atomic E-state index is 10.3. The van der Waals surface area contributed by atoms with E-state index in [-0.39, 0.29) is 46.3 Å². The topological polar surface area (TPSA) is 131 Å². The molecule has 6 N–H and O–H groups in total. The van der Waals surface area contributed by atoms with Crippen LogP contribution in [0.25, 0.3) is 0 Å². The molecule has 0 fully saturated rings. The van der Waals surface area contributed by atoms with E-state index < -0.39 is 18.6 Å². The Labute approximate surface area is 121 Å². The van der Waals surface area contributed by atoms with Crippen LogP contribution in [0.5, 0.6) is 0 Å². The number of hydroxylamine groups is 2. The standard InChI is InChI=1S/C8H17N3O4.2BrH/c9-6(8(13)14)3-1-2-4-11(15)7(10)5-12;;/h6,10,12,15H,1-5,9H2,(H,13,14);2*1H/t6-;;/m0../s1. The van der Waals surface area contributed by atoms with Crippen molar-refractivity contribution in [3.8, 4) is 0 Å².